The van der Waals surface area contributed by atoms with Gasteiger partial charge < -0.3 is 28.3 Å². The van der Waals surface area contributed by atoms with Gasteiger partial charge in [0.1, 0.15) is 31.6 Å². The van der Waals surface area contributed by atoms with Crippen LogP contribution >= 0.6 is 0 Å². The number of carbonyl (C=O) groups is 3. The van der Waals surface area contributed by atoms with Gasteiger partial charge in [0.25, 0.3) is 0 Å². The fourth-order valence-electron chi connectivity index (χ4n) is 4.13. The summed E-state index contributed by atoms with van der Waals surface area (Å²) in [6.07, 6.45) is -2.10. The number of methoxy groups -OCH3 is 1. The number of rotatable bonds is 16. The Morgan fingerprint density at radius 1 is 0.977 bits per heavy atom. The SMILES string of the molecule is COCO[C@H](COC(=O)c1ccccc1)[C@H](N=[N+]=[N-])C(=O)N(C)[C@H](c1ccccc1)[C@H](CO[Si](C)(C)C(C)(C)C)OC(C)=O. The number of likely N-dealkylation sites (N-methyl/N-ethyl adjacent to an activating group) is 1. The van der Waals surface area contributed by atoms with E-state index < -0.39 is 57.1 Å². The lowest BCUT2D eigenvalue weighted by atomic mass is 9.98. The molecule has 12 nitrogen and oxygen atoms in total. The second-order valence-corrected chi connectivity index (χ2v) is 16.6. The molecule has 0 radical (unpaired) electrons. The highest BCUT2D eigenvalue weighted by atomic mass is 28.4. The predicted octanol–water partition coefficient (Wildman–Crippen LogP) is 5.66. The quantitative estimate of drug-likeness (QED) is 0.0577. The minimum Gasteiger partial charge on any atom is -0.459 e. The van der Waals surface area contributed by atoms with Gasteiger partial charge in [-0.05, 0) is 41.4 Å². The fourth-order valence-corrected chi connectivity index (χ4v) is 5.15. The minimum atomic E-state index is -2.29. The maximum atomic E-state index is 14.1. The lowest BCUT2D eigenvalue weighted by molar-refractivity contribution is -0.158. The molecule has 1 amide bonds. The smallest absolute Gasteiger partial charge is 0.338 e. The van der Waals surface area contributed by atoms with Gasteiger partial charge in [0.05, 0.1) is 18.2 Å². The summed E-state index contributed by atoms with van der Waals surface area (Å²) in [5, 5.41) is 3.63. The molecule has 2 rings (SSSR count). The van der Waals surface area contributed by atoms with Gasteiger partial charge >= 0.3 is 11.9 Å². The molecule has 0 bridgehead atoms. The molecule has 4 atom stereocenters. The number of hydrogen-bond donors (Lipinski definition) is 0. The lowest BCUT2D eigenvalue weighted by Crippen LogP contribution is -2.51. The molecule has 0 aliphatic rings. The van der Waals surface area contributed by atoms with Crippen molar-refractivity contribution >= 4 is 26.2 Å². The molecule has 13 heteroatoms. The lowest BCUT2D eigenvalue weighted by Gasteiger charge is -2.40. The molecule has 0 fully saturated rings. The third kappa shape index (κ3) is 10.5. The van der Waals surface area contributed by atoms with E-state index in [1.54, 1.807) is 54.6 Å². The highest BCUT2D eigenvalue weighted by Crippen LogP contribution is 2.37. The second kappa shape index (κ2) is 16.9. The first kappa shape index (κ1) is 36.4. The zero-order valence-corrected chi connectivity index (χ0v) is 27.8. The number of hydrogen-bond acceptors (Lipinski definition) is 9. The van der Waals surface area contributed by atoms with E-state index in [9.17, 15) is 19.9 Å². The van der Waals surface area contributed by atoms with E-state index in [4.69, 9.17) is 23.4 Å². The van der Waals surface area contributed by atoms with Crippen LogP contribution in [0.15, 0.2) is 65.8 Å². The van der Waals surface area contributed by atoms with Gasteiger partial charge in [-0.3, -0.25) is 9.59 Å². The van der Waals surface area contributed by atoms with Crippen LogP contribution in [0.1, 0.15) is 49.7 Å². The molecule has 240 valence electrons. The number of azide groups is 1. The van der Waals surface area contributed by atoms with Crippen LogP contribution in [0.5, 0.6) is 0 Å². The fraction of sp³-hybridized carbons (Fsp3) is 0.516. The van der Waals surface area contributed by atoms with Crippen molar-refractivity contribution in [2.24, 2.45) is 5.11 Å². The molecule has 0 N–H and O–H groups in total. The van der Waals surface area contributed by atoms with Crippen molar-refractivity contribution in [3.8, 4) is 0 Å². The van der Waals surface area contributed by atoms with Crippen molar-refractivity contribution in [3.05, 3.63) is 82.2 Å². The molecule has 0 aliphatic heterocycles. The first-order chi connectivity index (χ1) is 20.7. The normalized spacial score (nSPS) is 14.4. The van der Waals surface area contributed by atoms with E-state index in [-0.39, 0.29) is 18.4 Å². The van der Waals surface area contributed by atoms with Crippen LogP contribution in [0.3, 0.4) is 0 Å². The van der Waals surface area contributed by atoms with E-state index in [2.05, 4.69) is 43.9 Å². The van der Waals surface area contributed by atoms with Crippen LogP contribution in [0.4, 0.5) is 0 Å². The van der Waals surface area contributed by atoms with Gasteiger partial charge in [-0.25, -0.2) is 4.79 Å². The zero-order valence-electron chi connectivity index (χ0n) is 26.8. The third-order valence-electron chi connectivity index (χ3n) is 7.56. The Kier molecular flexibility index (Phi) is 14.0. The van der Waals surface area contributed by atoms with Crippen molar-refractivity contribution in [1.29, 1.82) is 0 Å². The Morgan fingerprint density at radius 2 is 1.57 bits per heavy atom. The molecule has 0 aromatic heterocycles. The van der Waals surface area contributed by atoms with Crippen LogP contribution in [0.25, 0.3) is 10.4 Å². The third-order valence-corrected chi connectivity index (χ3v) is 12.1. The van der Waals surface area contributed by atoms with Crippen LogP contribution in [0, 0.1) is 0 Å². The predicted molar refractivity (Wildman–Crippen MR) is 167 cm³/mol. The molecule has 2 aromatic rings. The molecule has 2 aromatic carbocycles. The molecular formula is C31H44N4O8Si. The average Bonchev–Trinajstić information content (AvgIpc) is 2.98. The van der Waals surface area contributed by atoms with Gasteiger partial charge in [0, 0.05) is 26.0 Å². The Balaban J connectivity index is 2.47. The van der Waals surface area contributed by atoms with Gasteiger partial charge in [-0.2, -0.15) is 0 Å². The molecule has 0 saturated carbocycles. The summed E-state index contributed by atoms with van der Waals surface area (Å²) < 4.78 is 28.4. The van der Waals surface area contributed by atoms with Crippen molar-refractivity contribution in [3.63, 3.8) is 0 Å². The molecule has 0 saturated heterocycles. The molecule has 0 heterocycles. The number of benzene rings is 2. The van der Waals surface area contributed by atoms with Crippen molar-refractivity contribution in [2.75, 3.05) is 34.2 Å². The second-order valence-electron chi connectivity index (χ2n) is 11.7. The highest BCUT2D eigenvalue weighted by molar-refractivity contribution is 6.74. The van der Waals surface area contributed by atoms with Crippen molar-refractivity contribution < 1.29 is 37.8 Å². The molecule has 0 aliphatic carbocycles. The Labute approximate surface area is 260 Å². The molecule has 0 spiro atoms. The standard InChI is InChI=1S/C31H44N4O8Si/c1-22(36)43-26(20-42-44(7,8)31(2,3)4)28(23-15-11-9-12-16-23)35(5)29(37)27(33-34-32)25(41-21-39-6)19-40-30(38)24-17-13-10-14-18-24/h9-18,25-28H,19-21H2,1-8H3/t25-,26+,27+,28-/m1/s1. The first-order valence-electron chi connectivity index (χ1n) is 14.2. The van der Waals surface area contributed by atoms with Crippen LogP contribution < -0.4 is 0 Å². The van der Waals surface area contributed by atoms with Gasteiger partial charge in [0.15, 0.2) is 8.32 Å². The van der Waals surface area contributed by atoms with E-state index in [0.29, 0.717) is 11.1 Å². The van der Waals surface area contributed by atoms with E-state index in [1.807, 2.05) is 6.07 Å². The Morgan fingerprint density at radius 3 is 2.09 bits per heavy atom. The first-order valence-corrected chi connectivity index (χ1v) is 17.1. The van der Waals surface area contributed by atoms with Gasteiger partial charge in [-0.15, -0.1) is 0 Å². The zero-order chi connectivity index (χ0) is 32.9. The summed E-state index contributed by atoms with van der Waals surface area (Å²) in [4.78, 5) is 43.3. The molecule has 44 heavy (non-hydrogen) atoms. The number of ether oxygens (including phenoxy) is 4. The summed E-state index contributed by atoms with van der Waals surface area (Å²) in [5.74, 6) is -1.84. The van der Waals surface area contributed by atoms with E-state index in [1.165, 1.54) is 26.0 Å². The Bertz CT molecular complexity index is 1270. The molecule has 0 unspecified atom stereocenters. The van der Waals surface area contributed by atoms with Crippen LogP contribution in [-0.2, 0) is 33.0 Å². The van der Waals surface area contributed by atoms with Crippen molar-refractivity contribution in [1.82, 2.24) is 4.90 Å². The maximum Gasteiger partial charge on any atom is 0.338 e. The van der Waals surface area contributed by atoms with Crippen LogP contribution in [-0.4, -0.2) is 83.5 Å². The number of amides is 1. The minimum absolute atomic E-state index is 0.0255. The highest BCUT2D eigenvalue weighted by Gasteiger charge is 2.42. The van der Waals surface area contributed by atoms with Gasteiger partial charge in [0.2, 0.25) is 5.91 Å². The van der Waals surface area contributed by atoms with Crippen molar-refractivity contribution in [2.45, 2.75) is 70.1 Å². The van der Waals surface area contributed by atoms with Crippen LogP contribution in [0.2, 0.25) is 18.1 Å². The summed E-state index contributed by atoms with van der Waals surface area (Å²) in [6, 6.07) is 15.1. The summed E-state index contributed by atoms with van der Waals surface area (Å²) in [5.41, 5.74) is 10.4. The average molecular weight is 629 g/mol. The monoisotopic (exact) mass is 628 g/mol. The summed E-state index contributed by atoms with van der Waals surface area (Å²) >= 11 is 0. The Hall–Kier alpha value is -3.74. The van der Waals surface area contributed by atoms with Gasteiger partial charge in [-0.1, -0.05) is 74.4 Å². The number of carbonyl (C=O) groups excluding carboxylic acids is 3. The van der Waals surface area contributed by atoms with E-state index >= 15 is 0 Å². The molecular weight excluding hydrogens is 584 g/mol. The largest absolute Gasteiger partial charge is 0.459 e. The maximum absolute atomic E-state index is 14.1. The van der Waals surface area contributed by atoms with E-state index in [0.717, 1.165) is 0 Å². The topological polar surface area (TPSA) is 149 Å². The summed E-state index contributed by atoms with van der Waals surface area (Å²) in [6.45, 7) is 11.1. The number of nitrogens with zero attached hydrogens (tertiary/aromatic N) is 4. The number of esters is 2. The summed E-state index contributed by atoms with van der Waals surface area (Å²) in [7, 11) is 0.622.